The van der Waals surface area contributed by atoms with Gasteiger partial charge in [0.05, 0.1) is 0 Å². The molecule has 2 aliphatic carbocycles. The fraction of sp³-hybridized carbons (Fsp3) is 0.538. The third-order valence-corrected chi connectivity index (χ3v) is 3.07. The molecular weight excluding hydrogens is 156 g/mol. The monoisotopic (exact) mass is 172 g/mol. The summed E-state index contributed by atoms with van der Waals surface area (Å²) in [4.78, 5) is 0. The van der Waals surface area contributed by atoms with Crippen LogP contribution in [0.3, 0.4) is 0 Å². The lowest BCUT2D eigenvalue weighted by Crippen LogP contribution is -1.97. The van der Waals surface area contributed by atoms with Crippen LogP contribution in [0.15, 0.2) is 22.3 Å². The zero-order chi connectivity index (χ0) is 9.26. The predicted molar refractivity (Wildman–Crippen MR) is 56.3 cm³/mol. The van der Waals surface area contributed by atoms with Gasteiger partial charge in [-0.3, -0.25) is 0 Å². The van der Waals surface area contributed by atoms with Gasteiger partial charge in [-0.15, -0.1) is 5.92 Å². The number of rotatable bonds is 0. The zero-order valence-corrected chi connectivity index (χ0v) is 8.54. The molecule has 0 aromatic carbocycles. The van der Waals surface area contributed by atoms with Crippen LogP contribution in [-0.4, -0.2) is 0 Å². The Kier molecular flexibility index (Phi) is 2.27. The highest BCUT2D eigenvalue weighted by atomic mass is 14.3. The Hall–Kier alpha value is -0.960. The van der Waals surface area contributed by atoms with Crippen LogP contribution in [0, 0.1) is 11.8 Å². The summed E-state index contributed by atoms with van der Waals surface area (Å²) in [6, 6.07) is 0. The molecule has 0 aliphatic heterocycles. The van der Waals surface area contributed by atoms with Gasteiger partial charge < -0.3 is 0 Å². The Balaban J connectivity index is 2.36. The van der Waals surface area contributed by atoms with E-state index in [1.807, 2.05) is 6.92 Å². The molecule has 0 saturated heterocycles. The molecule has 1 fully saturated rings. The first-order chi connectivity index (χ1) is 6.33. The summed E-state index contributed by atoms with van der Waals surface area (Å²) in [7, 11) is 0. The molecule has 0 unspecified atom stereocenters. The molecule has 0 aromatic heterocycles. The van der Waals surface area contributed by atoms with Gasteiger partial charge >= 0.3 is 0 Å². The minimum atomic E-state index is 1.13. The summed E-state index contributed by atoms with van der Waals surface area (Å²) >= 11 is 0. The lowest BCUT2D eigenvalue weighted by molar-refractivity contribution is 0.678. The highest BCUT2D eigenvalue weighted by molar-refractivity contribution is 5.54. The van der Waals surface area contributed by atoms with Crippen molar-refractivity contribution < 1.29 is 0 Å². The van der Waals surface area contributed by atoms with Crippen LogP contribution in [0.2, 0.25) is 0 Å². The van der Waals surface area contributed by atoms with E-state index < -0.39 is 0 Å². The maximum atomic E-state index is 3.26. The van der Waals surface area contributed by atoms with E-state index in [1.165, 1.54) is 31.3 Å². The quantitative estimate of drug-likeness (QED) is 0.490. The Morgan fingerprint density at radius 3 is 2.46 bits per heavy atom. The topological polar surface area (TPSA) is 0 Å². The van der Waals surface area contributed by atoms with Gasteiger partial charge in [0, 0.05) is 12.0 Å². The molecule has 0 N–H and O–H groups in total. The van der Waals surface area contributed by atoms with E-state index in [0.29, 0.717) is 0 Å². The van der Waals surface area contributed by atoms with Gasteiger partial charge in [0.1, 0.15) is 0 Å². The molecule has 0 amide bonds. The largest absolute Gasteiger partial charge is 0.102 e. The smallest absolute Gasteiger partial charge is 0.00954 e. The fourth-order valence-electron chi connectivity index (χ4n) is 2.46. The Bertz CT molecular complexity index is 342. The van der Waals surface area contributed by atoms with Crippen molar-refractivity contribution in [2.24, 2.45) is 0 Å². The van der Waals surface area contributed by atoms with Crippen molar-refractivity contribution in [2.45, 2.75) is 46.0 Å². The van der Waals surface area contributed by atoms with Gasteiger partial charge in [-0.2, -0.15) is 0 Å². The number of hydrogen-bond donors (Lipinski definition) is 0. The molecule has 2 aliphatic rings. The first-order valence-electron chi connectivity index (χ1n) is 5.16. The molecular formula is C13H16. The van der Waals surface area contributed by atoms with E-state index in [9.17, 15) is 0 Å². The fourth-order valence-corrected chi connectivity index (χ4v) is 2.46. The molecule has 0 aromatic rings. The van der Waals surface area contributed by atoms with E-state index in [1.54, 1.807) is 16.7 Å². The van der Waals surface area contributed by atoms with Crippen molar-refractivity contribution in [2.75, 3.05) is 0 Å². The average Bonchev–Trinajstić information content (AvgIpc) is 2.46. The lowest BCUT2D eigenvalue weighted by Gasteiger charge is -2.16. The zero-order valence-electron chi connectivity index (χ0n) is 8.54. The van der Waals surface area contributed by atoms with E-state index in [4.69, 9.17) is 0 Å². The second kappa shape index (κ2) is 3.42. The van der Waals surface area contributed by atoms with Crippen molar-refractivity contribution in [3.05, 3.63) is 22.3 Å². The lowest BCUT2D eigenvalue weighted by atomic mass is 9.89. The summed E-state index contributed by atoms with van der Waals surface area (Å²) in [5.41, 5.74) is 6.23. The summed E-state index contributed by atoms with van der Waals surface area (Å²) in [6.07, 6.45) is 6.45. The number of hydrogen-bond acceptors (Lipinski definition) is 0. The highest BCUT2D eigenvalue weighted by Crippen LogP contribution is 2.40. The van der Waals surface area contributed by atoms with Gasteiger partial charge in [0.25, 0.3) is 0 Å². The van der Waals surface area contributed by atoms with Crippen LogP contribution < -0.4 is 0 Å². The normalized spacial score (nSPS) is 21.4. The first-order valence-corrected chi connectivity index (χ1v) is 5.16. The second-order valence-corrected chi connectivity index (χ2v) is 3.97. The van der Waals surface area contributed by atoms with Crippen LogP contribution in [0.1, 0.15) is 46.0 Å². The summed E-state index contributed by atoms with van der Waals surface area (Å²) in [5.74, 6) is 6.29. The average molecular weight is 172 g/mol. The standard InChI is InChI=1S/C13H16/c1-3-6-11-9-10(2)12-7-4-5-8-13(11)12/h4-5,7-9H2,1-2H3. The van der Waals surface area contributed by atoms with Crippen molar-refractivity contribution in [3.8, 4) is 11.8 Å². The molecule has 2 rings (SSSR count). The molecule has 0 spiro atoms. The molecule has 0 heteroatoms. The summed E-state index contributed by atoms with van der Waals surface area (Å²) in [6.45, 7) is 4.20. The molecule has 1 saturated carbocycles. The molecule has 68 valence electrons. The molecule has 0 atom stereocenters. The van der Waals surface area contributed by atoms with Gasteiger partial charge in [0.2, 0.25) is 0 Å². The van der Waals surface area contributed by atoms with Gasteiger partial charge in [-0.05, 0) is 50.7 Å². The first kappa shape index (κ1) is 8.63. The van der Waals surface area contributed by atoms with Crippen LogP contribution in [0.4, 0.5) is 0 Å². The Labute approximate surface area is 80.7 Å². The number of allylic oxidation sites excluding steroid dienone is 4. The van der Waals surface area contributed by atoms with Crippen molar-refractivity contribution in [3.63, 3.8) is 0 Å². The molecule has 0 nitrogen and oxygen atoms in total. The Morgan fingerprint density at radius 2 is 1.77 bits per heavy atom. The molecule has 0 heterocycles. The van der Waals surface area contributed by atoms with Crippen LogP contribution in [0.5, 0.6) is 0 Å². The Morgan fingerprint density at radius 1 is 1.08 bits per heavy atom. The van der Waals surface area contributed by atoms with Crippen LogP contribution in [0.25, 0.3) is 0 Å². The van der Waals surface area contributed by atoms with Crippen LogP contribution >= 0.6 is 0 Å². The molecule has 0 bridgehead atoms. The molecule has 0 radical (unpaired) electrons. The minimum Gasteiger partial charge on any atom is -0.102 e. The third-order valence-electron chi connectivity index (χ3n) is 3.07. The summed E-state index contributed by atoms with van der Waals surface area (Å²) in [5, 5.41) is 0. The van der Waals surface area contributed by atoms with E-state index in [-0.39, 0.29) is 0 Å². The van der Waals surface area contributed by atoms with Gasteiger partial charge in [0.15, 0.2) is 0 Å². The second-order valence-electron chi connectivity index (χ2n) is 3.97. The molecule has 13 heavy (non-hydrogen) atoms. The maximum absolute atomic E-state index is 3.26. The van der Waals surface area contributed by atoms with Crippen molar-refractivity contribution >= 4 is 0 Å². The van der Waals surface area contributed by atoms with E-state index >= 15 is 0 Å². The SMILES string of the molecule is CC#CC1=C2CCCCC2=C(C)C1. The van der Waals surface area contributed by atoms with Gasteiger partial charge in [-0.1, -0.05) is 11.5 Å². The minimum absolute atomic E-state index is 1.13. The maximum Gasteiger partial charge on any atom is 0.00954 e. The van der Waals surface area contributed by atoms with E-state index in [0.717, 1.165) is 6.42 Å². The highest BCUT2D eigenvalue weighted by Gasteiger charge is 2.22. The predicted octanol–water partition coefficient (Wildman–Crippen LogP) is 3.60. The number of fused-ring (bicyclic) bond motifs is 1. The van der Waals surface area contributed by atoms with Crippen molar-refractivity contribution in [1.82, 2.24) is 0 Å². The van der Waals surface area contributed by atoms with Crippen LogP contribution in [-0.2, 0) is 0 Å². The summed E-state index contributed by atoms with van der Waals surface area (Å²) < 4.78 is 0. The van der Waals surface area contributed by atoms with Crippen molar-refractivity contribution in [1.29, 1.82) is 0 Å². The third kappa shape index (κ3) is 1.44. The van der Waals surface area contributed by atoms with Gasteiger partial charge in [-0.25, -0.2) is 0 Å². The van der Waals surface area contributed by atoms with E-state index in [2.05, 4.69) is 18.8 Å².